The van der Waals surface area contributed by atoms with Crippen LogP contribution in [0.5, 0.6) is 0 Å². The minimum atomic E-state index is 0.288. The Hall–Kier alpha value is -0.260. The van der Waals surface area contributed by atoms with Crippen molar-refractivity contribution in [3.63, 3.8) is 0 Å². The molecule has 0 bridgehead atoms. The van der Waals surface area contributed by atoms with E-state index in [1.54, 1.807) is 23.5 Å². The molecular weight excluding hydrogens is 405 g/mol. The van der Waals surface area contributed by atoms with E-state index in [2.05, 4.69) is 69.9 Å². The van der Waals surface area contributed by atoms with Crippen LogP contribution in [0.1, 0.15) is 12.0 Å². The van der Waals surface area contributed by atoms with Gasteiger partial charge in [0.15, 0.2) is 17.4 Å². The van der Waals surface area contributed by atoms with E-state index in [4.69, 9.17) is 0 Å². The van der Waals surface area contributed by atoms with Gasteiger partial charge in [-0.15, -0.1) is 45.7 Å². The van der Waals surface area contributed by atoms with Crippen LogP contribution in [0.2, 0.25) is 0 Å². The van der Waals surface area contributed by atoms with Crippen molar-refractivity contribution in [2.24, 2.45) is 0 Å². The minimum absolute atomic E-state index is 0.288. The Morgan fingerprint density at radius 1 is 0.870 bits per heavy atom. The van der Waals surface area contributed by atoms with Crippen molar-refractivity contribution >= 4 is 71.5 Å². The fraction of sp³-hybridized carbons (Fsp3) is 0.231. The normalized spacial score (nSPS) is 11.3. The van der Waals surface area contributed by atoms with Crippen molar-refractivity contribution in [1.29, 1.82) is 0 Å². The van der Waals surface area contributed by atoms with Crippen LogP contribution in [0.15, 0.2) is 47.7 Å². The van der Waals surface area contributed by atoms with E-state index in [1.807, 2.05) is 6.07 Å². The smallest absolute Gasteiger partial charge is 0.131 e. The molecule has 23 heavy (non-hydrogen) atoms. The molecule has 0 atom stereocenters. The van der Waals surface area contributed by atoms with Gasteiger partial charge in [-0.3, -0.25) is 0 Å². The molecule has 0 spiro atoms. The summed E-state index contributed by atoms with van der Waals surface area (Å²) >= 11 is 14.9. The Bertz CT molecular complexity index is 702. The molecule has 3 aromatic rings. The van der Waals surface area contributed by atoms with Crippen LogP contribution < -0.4 is 0 Å². The van der Waals surface area contributed by atoms with E-state index in [1.165, 1.54) is 28.2 Å². The molecule has 2 aromatic heterocycles. The number of thioether (sulfide) groups is 2. The molecule has 0 aliphatic rings. The molecule has 2 heterocycles. The first-order valence-corrected chi connectivity index (χ1v) is 10.9. The van der Waals surface area contributed by atoms with E-state index in [-0.39, 0.29) is 4.58 Å². The highest BCUT2D eigenvalue weighted by Crippen LogP contribution is 2.40. The molecule has 0 amide bonds. The third kappa shape index (κ3) is 5.64. The van der Waals surface area contributed by atoms with Gasteiger partial charge in [0.25, 0.3) is 0 Å². The molecule has 0 radical (unpaired) electrons. The minimum Gasteiger partial charge on any atom is -0.131 e. The van der Waals surface area contributed by atoms with Crippen molar-refractivity contribution in [2.45, 2.75) is 34.8 Å². The lowest BCUT2D eigenvalue weighted by molar-refractivity contribution is 0.893. The number of hydrogen-bond donors (Lipinski definition) is 2. The maximum Gasteiger partial charge on any atom is 0.176 e. The molecule has 0 fully saturated rings. The van der Waals surface area contributed by atoms with Crippen molar-refractivity contribution in [3.05, 3.63) is 35.9 Å². The quantitative estimate of drug-likeness (QED) is 0.327. The maximum atomic E-state index is 4.23. The molecule has 0 saturated carbocycles. The van der Waals surface area contributed by atoms with Gasteiger partial charge in [0.2, 0.25) is 0 Å². The van der Waals surface area contributed by atoms with Gasteiger partial charge < -0.3 is 0 Å². The lowest BCUT2D eigenvalue weighted by Gasteiger charge is -2.12. The van der Waals surface area contributed by atoms with Crippen LogP contribution in [-0.4, -0.2) is 25.0 Å². The number of rotatable bonds is 7. The van der Waals surface area contributed by atoms with Gasteiger partial charge >= 0.3 is 0 Å². The second-order valence-electron chi connectivity index (χ2n) is 4.39. The number of thiol groups is 2. The van der Waals surface area contributed by atoms with Crippen LogP contribution in [0.3, 0.4) is 0 Å². The summed E-state index contributed by atoms with van der Waals surface area (Å²) in [5.74, 6) is 0. The lowest BCUT2D eigenvalue weighted by Crippen LogP contribution is -2.00. The van der Waals surface area contributed by atoms with Crippen LogP contribution in [0.4, 0.5) is 0 Å². The average Bonchev–Trinajstić information content (AvgIpc) is 3.14. The SMILES string of the molecule is Sc1nnc(SC(CCc2ccccc2)Sc2nnc(S)s2)s1. The van der Waals surface area contributed by atoms with Crippen LogP contribution in [0, 0.1) is 0 Å². The van der Waals surface area contributed by atoms with E-state index >= 15 is 0 Å². The number of benzene rings is 1. The Morgan fingerprint density at radius 2 is 1.43 bits per heavy atom. The fourth-order valence-corrected chi connectivity index (χ4v) is 7.17. The summed E-state index contributed by atoms with van der Waals surface area (Å²) in [6.07, 6.45) is 2.01. The standard InChI is InChI=1S/C13H12N4S6/c18-10-14-16-12(22-10)20-9(21-13-17-15-11(19)23-13)7-6-8-4-2-1-3-5-8/h1-5,9H,6-7H2,(H,14,18)(H,15,19). The summed E-state index contributed by atoms with van der Waals surface area (Å²) in [4.78, 5) is 0. The summed E-state index contributed by atoms with van der Waals surface area (Å²) in [5.41, 5.74) is 1.33. The van der Waals surface area contributed by atoms with E-state index in [0.29, 0.717) is 8.68 Å². The topological polar surface area (TPSA) is 51.6 Å². The molecule has 0 unspecified atom stereocenters. The van der Waals surface area contributed by atoms with Gasteiger partial charge in [0.1, 0.15) is 0 Å². The molecule has 0 aliphatic heterocycles. The first-order chi connectivity index (χ1) is 11.2. The van der Waals surface area contributed by atoms with Gasteiger partial charge in [-0.05, 0) is 18.4 Å². The predicted octanol–water partition coefficient (Wildman–Crippen LogP) is 4.81. The van der Waals surface area contributed by atoms with Gasteiger partial charge in [0, 0.05) is 0 Å². The second-order valence-corrected chi connectivity index (χ2v) is 11.0. The van der Waals surface area contributed by atoms with Crippen LogP contribution in [-0.2, 0) is 6.42 Å². The highest BCUT2D eigenvalue weighted by atomic mass is 32.2. The zero-order valence-corrected chi connectivity index (χ0v) is 16.7. The highest BCUT2D eigenvalue weighted by Gasteiger charge is 2.17. The lowest BCUT2D eigenvalue weighted by atomic mass is 10.1. The Labute approximate surface area is 161 Å². The zero-order chi connectivity index (χ0) is 16.1. The summed E-state index contributed by atoms with van der Waals surface area (Å²) in [6.45, 7) is 0. The largest absolute Gasteiger partial charge is 0.176 e. The molecule has 1 aromatic carbocycles. The summed E-state index contributed by atoms with van der Waals surface area (Å²) in [6, 6.07) is 10.5. The fourth-order valence-electron chi connectivity index (χ4n) is 1.80. The molecule has 10 heteroatoms. The van der Waals surface area contributed by atoms with Crippen molar-refractivity contribution in [3.8, 4) is 0 Å². The summed E-state index contributed by atoms with van der Waals surface area (Å²) in [7, 11) is 0. The Morgan fingerprint density at radius 3 is 1.91 bits per heavy atom. The van der Waals surface area contributed by atoms with E-state index < -0.39 is 0 Å². The van der Waals surface area contributed by atoms with Crippen molar-refractivity contribution < 1.29 is 0 Å². The summed E-state index contributed by atoms with van der Waals surface area (Å²) < 4.78 is 3.52. The van der Waals surface area contributed by atoms with Crippen LogP contribution in [0.25, 0.3) is 0 Å². The molecule has 120 valence electrons. The zero-order valence-electron chi connectivity index (χ0n) is 11.7. The molecule has 3 rings (SSSR count). The average molecular weight is 417 g/mol. The monoisotopic (exact) mass is 416 g/mol. The first-order valence-electron chi connectivity index (χ1n) is 6.61. The molecule has 4 nitrogen and oxygen atoms in total. The maximum absolute atomic E-state index is 4.23. The van der Waals surface area contributed by atoms with Gasteiger partial charge in [0.05, 0.1) is 4.58 Å². The summed E-state index contributed by atoms with van der Waals surface area (Å²) in [5, 5.41) is 16.2. The van der Waals surface area contributed by atoms with E-state index in [9.17, 15) is 0 Å². The third-order valence-electron chi connectivity index (χ3n) is 2.77. The molecule has 0 saturated heterocycles. The van der Waals surface area contributed by atoms with Crippen molar-refractivity contribution in [2.75, 3.05) is 0 Å². The number of hydrogen-bond acceptors (Lipinski definition) is 10. The molecular formula is C13H12N4S6. The number of nitrogens with zero attached hydrogens (tertiary/aromatic N) is 4. The highest BCUT2D eigenvalue weighted by molar-refractivity contribution is 8.18. The first kappa shape index (κ1) is 17.6. The van der Waals surface area contributed by atoms with Gasteiger partial charge in [-0.2, -0.15) is 0 Å². The molecule has 0 aliphatic carbocycles. The number of aryl methyl sites for hydroxylation is 1. The van der Waals surface area contributed by atoms with E-state index in [0.717, 1.165) is 21.5 Å². The Kier molecular flexibility index (Phi) is 6.66. The van der Waals surface area contributed by atoms with Gasteiger partial charge in [-0.1, -0.05) is 76.5 Å². The molecule has 0 N–H and O–H groups in total. The van der Waals surface area contributed by atoms with Gasteiger partial charge in [-0.25, -0.2) is 0 Å². The third-order valence-corrected chi connectivity index (χ3v) is 7.75. The van der Waals surface area contributed by atoms with Crippen molar-refractivity contribution in [1.82, 2.24) is 20.4 Å². The number of aromatic nitrogens is 4. The second kappa shape index (κ2) is 8.72. The Balaban J connectivity index is 1.67. The van der Waals surface area contributed by atoms with Crippen LogP contribution >= 0.6 is 71.5 Å². The predicted molar refractivity (Wildman–Crippen MR) is 105 cm³/mol.